The number of likely N-dealkylation sites (tertiary alicyclic amines) is 1. The number of halogens is 1. The second kappa shape index (κ2) is 22.5. The van der Waals surface area contributed by atoms with Gasteiger partial charge in [-0.25, -0.2) is 9.37 Å². The number of nitrogen functional groups attached to an aromatic ring is 1. The van der Waals surface area contributed by atoms with E-state index in [1.165, 1.54) is 12.1 Å². The molecular weight excluding hydrogens is 748 g/mol. The fraction of sp³-hybridized carbons (Fsp3) is 0.698. The number of rotatable bonds is 23. The van der Waals surface area contributed by atoms with Gasteiger partial charge in [-0.1, -0.05) is 72.8 Å². The van der Waals surface area contributed by atoms with E-state index >= 15 is 0 Å². The summed E-state index contributed by atoms with van der Waals surface area (Å²) in [7, 11) is 2.05. The fourth-order valence-electron chi connectivity index (χ4n) is 7.61. The van der Waals surface area contributed by atoms with Gasteiger partial charge >= 0.3 is 5.97 Å². The van der Waals surface area contributed by atoms with Crippen LogP contribution in [0.4, 0.5) is 10.1 Å². The fourth-order valence-corrected chi connectivity index (χ4v) is 8.41. The molecule has 0 saturated carbocycles. The number of nitrogens with two attached hydrogens (primary N) is 1. The Kier molecular flexibility index (Phi) is 18.9. The third-order valence-electron chi connectivity index (χ3n) is 11.6. The standard InChI is InChI=1S/C43H69FN6O6S/c1-9-11-12-14-20-50(41(54)38(28(5)10-2)48-37(52)23-31-16-13-15-19-49(31)8)35(27(3)4)24-36(51)40-47-34(26-57-40)39(53)46-30(25-43(6,7)42(55)56)21-29-17-18-33(45)32(44)22-29/h17-18,22,26-28,30-31,35-36,38,51H,9-16,19-21,23-25,45H2,1-8H3,(H,46,53)(H,48,52)(H,55,56)/t28-,30-,31+,35+,36+,38-/m0/s1. The summed E-state index contributed by atoms with van der Waals surface area (Å²) in [5.74, 6) is -2.60. The molecule has 0 aliphatic carbocycles. The number of thiazole rings is 1. The molecule has 1 aromatic heterocycles. The first kappa shape index (κ1) is 47.8. The minimum atomic E-state index is -1.19. The van der Waals surface area contributed by atoms with Gasteiger partial charge in [-0.3, -0.25) is 19.2 Å². The number of benzene rings is 1. The first-order valence-electron chi connectivity index (χ1n) is 20.9. The molecular formula is C43H69FN6O6S. The number of carboxylic acid groups (broad SMARTS) is 1. The average Bonchev–Trinajstić information content (AvgIpc) is 3.66. The number of aromatic nitrogens is 1. The Morgan fingerprint density at radius 3 is 2.44 bits per heavy atom. The molecule has 1 aliphatic heterocycles. The molecule has 0 spiro atoms. The normalized spacial score (nSPS) is 17.7. The maximum atomic E-state index is 14.7. The summed E-state index contributed by atoms with van der Waals surface area (Å²) in [5.41, 5.74) is 5.05. The number of carbonyl (C=O) groups excluding carboxylic acids is 3. The van der Waals surface area contributed by atoms with Crippen molar-refractivity contribution in [1.82, 2.24) is 25.4 Å². The van der Waals surface area contributed by atoms with Crippen molar-refractivity contribution >= 4 is 40.7 Å². The average molecular weight is 817 g/mol. The van der Waals surface area contributed by atoms with Crippen LogP contribution < -0.4 is 16.4 Å². The van der Waals surface area contributed by atoms with E-state index in [2.05, 4.69) is 34.5 Å². The summed E-state index contributed by atoms with van der Waals surface area (Å²) in [4.78, 5) is 62.3. The molecule has 0 radical (unpaired) electrons. The molecule has 1 saturated heterocycles. The first-order valence-corrected chi connectivity index (χ1v) is 21.8. The number of aliphatic carboxylic acids is 1. The van der Waals surface area contributed by atoms with Crippen molar-refractivity contribution in [2.75, 3.05) is 25.9 Å². The molecule has 2 aromatic rings. The number of nitrogens with zero attached hydrogens (tertiary/aromatic N) is 3. The molecule has 3 amide bonds. The third kappa shape index (κ3) is 14.3. The molecule has 320 valence electrons. The molecule has 1 aliphatic rings. The number of anilines is 1. The highest BCUT2D eigenvalue weighted by molar-refractivity contribution is 7.09. The van der Waals surface area contributed by atoms with E-state index in [1.807, 2.05) is 32.6 Å². The Morgan fingerprint density at radius 2 is 1.82 bits per heavy atom. The molecule has 1 fully saturated rings. The summed E-state index contributed by atoms with van der Waals surface area (Å²) < 4.78 is 14.3. The smallest absolute Gasteiger partial charge is 0.309 e. The van der Waals surface area contributed by atoms with E-state index in [-0.39, 0.29) is 66.4 Å². The van der Waals surface area contributed by atoms with E-state index in [9.17, 15) is 33.8 Å². The number of unbranched alkanes of at least 4 members (excludes halogenated alkanes) is 3. The van der Waals surface area contributed by atoms with Gasteiger partial charge in [0.15, 0.2) is 0 Å². The van der Waals surface area contributed by atoms with Crippen molar-refractivity contribution in [2.24, 2.45) is 17.3 Å². The monoisotopic (exact) mass is 816 g/mol. The summed E-state index contributed by atoms with van der Waals surface area (Å²) in [5, 5.41) is 29.4. The lowest BCUT2D eigenvalue weighted by molar-refractivity contribution is -0.147. The van der Waals surface area contributed by atoms with E-state index in [1.54, 1.807) is 25.3 Å². The summed E-state index contributed by atoms with van der Waals surface area (Å²) in [6.07, 6.45) is 7.34. The number of amides is 3. The molecule has 1 aromatic carbocycles. The van der Waals surface area contributed by atoms with Gasteiger partial charge in [-0.2, -0.15) is 0 Å². The van der Waals surface area contributed by atoms with Crippen LogP contribution >= 0.6 is 11.3 Å². The van der Waals surface area contributed by atoms with Crippen molar-refractivity contribution in [2.45, 2.75) is 156 Å². The van der Waals surface area contributed by atoms with Crippen LogP contribution in [0.25, 0.3) is 0 Å². The number of aliphatic hydroxyl groups is 1. The zero-order valence-corrected chi connectivity index (χ0v) is 36.3. The van der Waals surface area contributed by atoms with Crippen LogP contribution in [-0.4, -0.2) is 93.0 Å². The largest absolute Gasteiger partial charge is 0.481 e. The van der Waals surface area contributed by atoms with E-state index < -0.39 is 41.3 Å². The molecule has 0 unspecified atom stereocenters. The molecule has 6 N–H and O–H groups in total. The summed E-state index contributed by atoms with van der Waals surface area (Å²) in [6, 6.07) is 2.73. The second-order valence-electron chi connectivity index (χ2n) is 17.1. The van der Waals surface area contributed by atoms with E-state index in [0.717, 1.165) is 62.8 Å². The highest BCUT2D eigenvalue weighted by atomic mass is 32.1. The number of hydrogen-bond donors (Lipinski definition) is 5. The maximum absolute atomic E-state index is 14.7. The zero-order chi connectivity index (χ0) is 42.4. The lowest BCUT2D eigenvalue weighted by Crippen LogP contribution is -2.56. The van der Waals surface area contributed by atoms with Gasteiger partial charge in [0.25, 0.3) is 5.91 Å². The predicted molar refractivity (Wildman–Crippen MR) is 224 cm³/mol. The SMILES string of the molecule is CCCCCCN(C(=O)[C@@H](NC(=O)C[C@H]1CCCCN1C)[C@@H](C)CC)[C@H](C[C@@H](O)c1nc(C(=O)N[C@@H](Cc2ccc(N)c(F)c2)CC(C)(C)C(=O)O)cs1)C(C)C. The van der Waals surface area contributed by atoms with Gasteiger partial charge in [0, 0.05) is 42.9 Å². The Bertz CT molecular complexity index is 1620. The van der Waals surface area contributed by atoms with Crippen molar-refractivity contribution in [1.29, 1.82) is 0 Å². The van der Waals surface area contributed by atoms with Gasteiger partial charge in [-0.05, 0) is 89.1 Å². The lowest BCUT2D eigenvalue weighted by Gasteiger charge is -2.39. The van der Waals surface area contributed by atoms with Gasteiger partial charge in [0.05, 0.1) is 11.1 Å². The number of carboxylic acids is 1. The van der Waals surface area contributed by atoms with Crippen LogP contribution in [0, 0.1) is 23.1 Å². The minimum absolute atomic E-state index is 0.0115. The molecule has 57 heavy (non-hydrogen) atoms. The summed E-state index contributed by atoms with van der Waals surface area (Å²) >= 11 is 1.13. The molecule has 2 heterocycles. The van der Waals surface area contributed by atoms with Gasteiger partial charge in [0.1, 0.15) is 28.7 Å². The van der Waals surface area contributed by atoms with Crippen molar-refractivity contribution in [3.8, 4) is 0 Å². The van der Waals surface area contributed by atoms with Crippen LogP contribution in [0.1, 0.15) is 146 Å². The number of nitrogens with one attached hydrogen (secondary N) is 2. The first-order chi connectivity index (χ1) is 26.9. The van der Waals surface area contributed by atoms with Gasteiger partial charge < -0.3 is 36.4 Å². The lowest BCUT2D eigenvalue weighted by atomic mass is 9.84. The molecule has 14 heteroatoms. The highest BCUT2D eigenvalue weighted by Gasteiger charge is 2.37. The van der Waals surface area contributed by atoms with Gasteiger partial charge in [0.2, 0.25) is 11.8 Å². The van der Waals surface area contributed by atoms with E-state index in [0.29, 0.717) is 30.0 Å². The number of piperidine rings is 1. The number of aliphatic hydroxyl groups excluding tert-OH is 1. The maximum Gasteiger partial charge on any atom is 0.309 e. The Hall–Kier alpha value is -3.62. The van der Waals surface area contributed by atoms with Crippen LogP contribution in [-0.2, 0) is 20.8 Å². The Balaban J connectivity index is 1.83. The van der Waals surface area contributed by atoms with Crippen LogP contribution in [0.15, 0.2) is 23.6 Å². The Morgan fingerprint density at radius 1 is 1.11 bits per heavy atom. The second-order valence-corrected chi connectivity index (χ2v) is 18.0. The molecule has 0 bridgehead atoms. The predicted octanol–water partition coefficient (Wildman–Crippen LogP) is 6.97. The van der Waals surface area contributed by atoms with Crippen molar-refractivity contribution in [3.63, 3.8) is 0 Å². The number of carbonyl (C=O) groups is 4. The van der Waals surface area contributed by atoms with Crippen LogP contribution in [0.5, 0.6) is 0 Å². The van der Waals surface area contributed by atoms with Crippen molar-refractivity contribution in [3.05, 3.63) is 45.7 Å². The molecule has 12 nitrogen and oxygen atoms in total. The minimum Gasteiger partial charge on any atom is -0.481 e. The van der Waals surface area contributed by atoms with Crippen molar-refractivity contribution < 1.29 is 33.8 Å². The highest BCUT2D eigenvalue weighted by Crippen LogP contribution is 2.30. The number of hydrogen-bond acceptors (Lipinski definition) is 9. The summed E-state index contributed by atoms with van der Waals surface area (Å²) in [6.45, 7) is 14.8. The molecule has 3 rings (SSSR count). The Labute approximate surface area is 343 Å². The van der Waals surface area contributed by atoms with Gasteiger partial charge in [-0.15, -0.1) is 11.3 Å². The third-order valence-corrected chi connectivity index (χ3v) is 12.5. The van der Waals surface area contributed by atoms with Crippen LogP contribution in [0.3, 0.4) is 0 Å². The topological polar surface area (TPSA) is 178 Å². The van der Waals surface area contributed by atoms with E-state index in [4.69, 9.17) is 5.73 Å². The molecule has 6 atom stereocenters. The van der Waals surface area contributed by atoms with Crippen LogP contribution in [0.2, 0.25) is 0 Å². The zero-order valence-electron chi connectivity index (χ0n) is 35.5. The quantitative estimate of drug-likeness (QED) is 0.0586.